The number of benzene rings is 3. The molecule has 3 aromatic carbocycles. The van der Waals surface area contributed by atoms with Gasteiger partial charge in [0.05, 0.1) is 16.1 Å². The van der Waals surface area contributed by atoms with Crippen LogP contribution in [0.4, 0.5) is 5.69 Å². The number of halogens is 1. The van der Waals surface area contributed by atoms with E-state index in [4.69, 9.17) is 11.6 Å². The van der Waals surface area contributed by atoms with Crippen molar-refractivity contribution in [1.29, 1.82) is 0 Å². The van der Waals surface area contributed by atoms with E-state index in [2.05, 4.69) is 20.1 Å². The van der Waals surface area contributed by atoms with Crippen LogP contribution in [0, 0.1) is 0 Å². The topological polar surface area (TPSA) is 73.8 Å². The fourth-order valence-electron chi connectivity index (χ4n) is 3.47. The van der Waals surface area contributed by atoms with Crippen LogP contribution in [0.1, 0.15) is 5.56 Å². The lowest BCUT2D eigenvalue weighted by Crippen LogP contribution is -2.43. The molecule has 0 spiro atoms. The Balaban J connectivity index is 1.62. The van der Waals surface area contributed by atoms with Gasteiger partial charge in [0.15, 0.2) is 0 Å². The first kappa shape index (κ1) is 19.7. The van der Waals surface area contributed by atoms with E-state index in [1.807, 2.05) is 36.4 Å². The van der Waals surface area contributed by atoms with Crippen molar-refractivity contribution in [1.82, 2.24) is 10.1 Å². The summed E-state index contributed by atoms with van der Waals surface area (Å²) >= 11 is 6.38. The van der Waals surface area contributed by atoms with Gasteiger partial charge in [-0.1, -0.05) is 54.1 Å². The first-order valence-corrected chi connectivity index (χ1v) is 11.2. The average molecular weight is 429 g/mol. The molecule has 0 bridgehead atoms. The highest BCUT2D eigenvalue weighted by Crippen LogP contribution is 2.27. The Kier molecular flexibility index (Phi) is 5.71. The molecular weight excluding hydrogens is 408 g/mol. The molecule has 150 valence electrons. The predicted molar refractivity (Wildman–Crippen MR) is 118 cm³/mol. The number of rotatable bonds is 5. The molecule has 0 saturated carbocycles. The second kappa shape index (κ2) is 8.41. The fraction of sp³-hybridized carbons (Fsp3) is 0.190. The first-order valence-electron chi connectivity index (χ1n) is 9.33. The minimum absolute atomic E-state index is 0.189. The molecule has 0 unspecified atom stereocenters. The number of sulfonamides is 1. The van der Waals surface area contributed by atoms with Gasteiger partial charge in [-0.05, 0) is 23.6 Å². The van der Waals surface area contributed by atoms with Gasteiger partial charge in [0.1, 0.15) is 0 Å². The summed E-state index contributed by atoms with van der Waals surface area (Å²) in [5, 5.41) is 9.36. The summed E-state index contributed by atoms with van der Waals surface area (Å²) in [5.74, 6) is 0. The molecule has 1 saturated heterocycles. The highest BCUT2D eigenvalue weighted by atomic mass is 35.5. The second-order valence-electron chi connectivity index (χ2n) is 6.74. The predicted octanol–water partition coefficient (Wildman–Crippen LogP) is 3.22. The van der Waals surface area contributed by atoms with Crippen molar-refractivity contribution in [3.63, 3.8) is 0 Å². The second-order valence-corrected chi connectivity index (χ2v) is 8.78. The molecule has 0 aliphatic carbocycles. The molecule has 1 heterocycles. The maximum absolute atomic E-state index is 12.8. The number of hydrogen-bond donors (Lipinski definition) is 2. The van der Waals surface area contributed by atoms with Gasteiger partial charge in [-0.2, -0.15) is 13.5 Å². The summed E-state index contributed by atoms with van der Waals surface area (Å²) in [6, 6.07) is 18.1. The molecule has 0 atom stereocenters. The van der Waals surface area contributed by atoms with Crippen molar-refractivity contribution < 1.29 is 8.42 Å². The van der Waals surface area contributed by atoms with Crippen LogP contribution in [0.25, 0.3) is 10.8 Å². The van der Waals surface area contributed by atoms with Crippen LogP contribution in [-0.4, -0.2) is 40.8 Å². The molecule has 2 N–H and O–H groups in total. The van der Waals surface area contributed by atoms with Gasteiger partial charge in [-0.15, -0.1) is 0 Å². The maximum Gasteiger partial charge on any atom is 0.277 e. The van der Waals surface area contributed by atoms with E-state index in [1.165, 1.54) is 6.21 Å². The van der Waals surface area contributed by atoms with Gasteiger partial charge in [0, 0.05) is 42.8 Å². The van der Waals surface area contributed by atoms with E-state index >= 15 is 0 Å². The Morgan fingerprint density at radius 1 is 1.00 bits per heavy atom. The monoisotopic (exact) mass is 428 g/mol. The lowest BCUT2D eigenvalue weighted by Gasteiger charge is -2.30. The minimum Gasteiger partial charge on any atom is -0.368 e. The number of nitrogens with zero attached hydrogens (tertiary/aromatic N) is 2. The molecule has 0 amide bonds. The van der Waals surface area contributed by atoms with E-state index in [0.29, 0.717) is 16.0 Å². The number of hydrazone groups is 1. The Morgan fingerprint density at radius 3 is 2.55 bits per heavy atom. The summed E-state index contributed by atoms with van der Waals surface area (Å²) < 4.78 is 25.7. The largest absolute Gasteiger partial charge is 0.368 e. The van der Waals surface area contributed by atoms with Crippen molar-refractivity contribution >= 4 is 44.3 Å². The van der Waals surface area contributed by atoms with E-state index in [-0.39, 0.29) is 4.90 Å². The van der Waals surface area contributed by atoms with Crippen LogP contribution < -0.4 is 15.0 Å². The van der Waals surface area contributed by atoms with Gasteiger partial charge in [-0.25, -0.2) is 4.83 Å². The summed E-state index contributed by atoms with van der Waals surface area (Å²) in [6.07, 6.45) is 1.47. The highest BCUT2D eigenvalue weighted by Gasteiger charge is 2.17. The molecule has 0 aromatic heterocycles. The average Bonchev–Trinajstić information content (AvgIpc) is 2.75. The van der Waals surface area contributed by atoms with E-state index in [9.17, 15) is 8.42 Å². The van der Waals surface area contributed by atoms with Gasteiger partial charge in [0.25, 0.3) is 10.0 Å². The number of fused-ring (bicyclic) bond motifs is 1. The van der Waals surface area contributed by atoms with E-state index in [1.54, 1.807) is 24.3 Å². The summed E-state index contributed by atoms with van der Waals surface area (Å²) in [4.78, 5) is 4.73. The van der Waals surface area contributed by atoms with Gasteiger partial charge >= 0.3 is 0 Å². The van der Waals surface area contributed by atoms with Crippen LogP contribution in [0.2, 0.25) is 5.02 Å². The summed E-state index contributed by atoms with van der Waals surface area (Å²) in [7, 11) is -3.82. The highest BCUT2D eigenvalue weighted by molar-refractivity contribution is 7.89. The zero-order valence-corrected chi connectivity index (χ0v) is 17.2. The smallest absolute Gasteiger partial charge is 0.277 e. The van der Waals surface area contributed by atoms with Gasteiger partial charge < -0.3 is 10.2 Å². The molecule has 1 fully saturated rings. The Bertz CT molecular complexity index is 1150. The number of nitrogens with one attached hydrogen (secondary N) is 2. The Labute approximate surface area is 175 Å². The summed E-state index contributed by atoms with van der Waals surface area (Å²) in [5.41, 5.74) is 1.63. The van der Waals surface area contributed by atoms with Crippen molar-refractivity contribution in [3.05, 3.63) is 71.2 Å². The number of hydrogen-bond acceptors (Lipinski definition) is 5. The molecule has 8 heteroatoms. The zero-order valence-electron chi connectivity index (χ0n) is 15.7. The lowest BCUT2D eigenvalue weighted by atomic mass is 10.1. The Hall–Kier alpha value is -2.61. The quantitative estimate of drug-likeness (QED) is 0.483. The molecule has 1 aliphatic rings. The third-order valence-electron chi connectivity index (χ3n) is 4.89. The molecule has 0 radical (unpaired) electrons. The maximum atomic E-state index is 12.8. The van der Waals surface area contributed by atoms with Gasteiger partial charge in [0.2, 0.25) is 0 Å². The molecule has 1 aliphatic heterocycles. The normalized spacial score (nSPS) is 15.1. The van der Waals surface area contributed by atoms with Crippen molar-refractivity contribution in [2.75, 3.05) is 31.1 Å². The molecule has 6 nitrogen and oxygen atoms in total. The van der Waals surface area contributed by atoms with Crippen molar-refractivity contribution in [2.24, 2.45) is 5.10 Å². The third-order valence-corrected chi connectivity index (χ3v) is 6.50. The fourth-order valence-corrected chi connectivity index (χ4v) is 4.72. The minimum atomic E-state index is -3.82. The van der Waals surface area contributed by atoms with Crippen LogP contribution in [-0.2, 0) is 10.0 Å². The van der Waals surface area contributed by atoms with Crippen LogP contribution in [0.15, 0.2) is 70.7 Å². The van der Waals surface area contributed by atoms with E-state index < -0.39 is 10.0 Å². The van der Waals surface area contributed by atoms with Crippen LogP contribution >= 0.6 is 11.6 Å². The van der Waals surface area contributed by atoms with Crippen molar-refractivity contribution in [3.8, 4) is 0 Å². The van der Waals surface area contributed by atoms with Crippen LogP contribution in [0.5, 0.6) is 0 Å². The lowest BCUT2D eigenvalue weighted by molar-refractivity contribution is 0.585. The van der Waals surface area contributed by atoms with Crippen molar-refractivity contribution in [2.45, 2.75) is 4.90 Å². The first-order chi connectivity index (χ1) is 14.1. The SMILES string of the molecule is O=S(=O)(N/N=C/c1c(Cl)cccc1N1CCNCC1)c1cccc2ccccc12. The summed E-state index contributed by atoms with van der Waals surface area (Å²) in [6.45, 7) is 3.47. The number of anilines is 1. The van der Waals surface area contributed by atoms with Crippen LogP contribution in [0.3, 0.4) is 0 Å². The zero-order chi connectivity index (χ0) is 20.3. The molecular formula is C21H21ClN4O2S. The molecule has 29 heavy (non-hydrogen) atoms. The molecule has 3 aromatic rings. The van der Waals surface area contributed by atoms with Gasteiger partial charge in [-0.3, -0.25) is 0 Å². The Morgan fingerprint density at radius 2 is 1.72 bits per heavy atom. The van der Waals surface area contributed by atoms with E-state index in [0.717, 1.165) is 37.3 Å². The third kappa shape index (κ3) is 4.22. The molecule has 4 rings (SSSR count). The standard InChI is InChI=1S/C21H21ClN4O2S/c22-19-8-4-9-20(26-13-11-23-12-14-26)18(19)15-24-25-29(27,28)21-10-3-6-16-5-1-2-7-17(16)21/h1-10,15,23,25H,11-14H2/b24-15+. The number of piperazine rings is 1.